The zero-order valence-corrected chi connectivity index (χ0v) is 11.3. The first-order valence-electron chi connectivity index (χ1n) is 6.03. The Morgan fingerprint density at radius 1 is 1.28 bits per heavy atom. The van der Waals surface area contributed by atoms with Gasteiger partial charge in [-0.15, -0.1) is 0 Å². The molecule has 0 spiro atoms. The molecular weight excluding hydrogens is 250 g/mol. The monoisotopic (exact) mass is 267 g/mol. The summed E-state index contributed by atoms with van der Waals surface area (Å²) in [5.41, 5.74) is 0.518. The highest BCUT2D eigenvalue weighted by atomic mass is 32.2. The molecule has 1 saturated carbocycles. The lowest BCUT2D eigenvalue weighted by molar-refractivity contribution is 0.101. The van der Waals surface area contributed by atoms with Crippen molar-refractivity contribution >= 4 is 15.8 Å². The minimum atomic E-state index is -3.47. The van der Waals surface area contributed by atoms with Gasteiger partial charge in [0.15, 0.2) is 5.78 Å². The van der Waals surface area contributed by atoms with E-state index in [0.717, 1.165) is 12.8 Å². The summed E-state index contributed by atoms with van der Waals surface area (Å²) in [7, 11) is -3.47. The SMILES string of the molecule is CC(=O)c1ccc(S(=O)(=O)N[C@H](C)C2CC2)cc1. The predicted molar refractivity (Wildman–Crippen MR) is 69.0 cm³/mol. The number of ketones is 1. The molecule has 1 aromatic carbocycles. The Bertz CT molecular complexity index is 544. The van der Waals surface area contributed by atoms with Gasteiger partial charge in [0.05, 0.1) is 4.90 Å². The van der Waals surface area contributed by atoms with Crippen molar-refractivity contribution in [3.63, 3.8) is 0 Å². The zero-order valence-electron chi connectivity index (χ0n) is 10.5. The van der Waals surface area contributed by atoms with Gasteiger partial charge in [-0.25, -0.2) is 13.1 Å². The van der Waals surface area contributed by atoms with Crippen LogP contribution in [0.5, 0.6) is 0 Å². The fourth-order valence-corrected chi connectivity index (χ4v) is 3.19. The van der Waals surface area contributed by atoms with Gasteiger partial charge in [-0.2, -0.15) is 0 Å². The van der Waals surface area contributed by atoms with E-state index in [1.165, 1.54) is 19.1 Å². The maximum atomic E-state index is 12.1. The molecular formula is C13H17NO3S. The van der Waals surface area contributed by atoms with Gasteiger partial charge in [0.1, 0.15) is 0 Å². The second kappa shape index (κ2) is 4.82. The van der Waals surface area contributed by atoms with Gasteiger partial charge in [-0.3, -0.25) is 4.79 Å². The van der Waals surface area contributed by atoms with Gasteiger partial charge in [0.2, 0.25) is 10.0 Å². The summed E-state index contributed by atoms with van der Waals surface area (Å²) in [6.45, 7) is 3.34. The topological polar surface area (TPSA) is 63.2 Å². The maximum absolute atomic E-state index is 12.1. The van der Waals surface area contributed by atoms with E-state index in [2.05, 4.69) is 4.72 Å². The van der Waals surface area contributed by atoms with E-state index in [0.29, 0.717) is 11.5 Å². The molecule has 0 amide bonds. The molecule has 98 valence electrons. The Kier molecular flexibility index (Phi) is 3.54. The van der Waals surface area contributed by atoms with Crippen LogP contribution in [0.3, 0.4) is 0 Å². The summed E-state index contributed by atoms with van der Waals surface area (Å²) in [5.74, 6) is 0.398. The van der Waals surface area contributed by atoms with Gasteiger partial charge < -0.3 is 0 Å². The van der Waals surface area contributed by atoms with Gasteiger partial charge >= 0.3 is 0 Å². The highest BCUT2D eigenvalue weighted by Crippen LogP contribution is 2.33. The second-order valence-corrected chi connectivity index (χ2v) is 6.54. The molecule has 0 bridgehead atoms. The lowest BCUT2D eigenvalue weighted by Crippen LogP contribution is -2.34. The van der Waals surface area contributed by atoms with Crippen LogP contribution in [0.15, 0.2) is 29.2 Å². The van der Waals surface area contributed by atoms with Crippen LogP contribution in [0.2, 0.25) is 0 Å². The average molecular weight is 267 g/mol. The molecule has 0 aliphatic heterocycles. The first-order chi connectivity index (χ1) is 8.40. The molecule has 1 aliphatic carbocycles. The summed E-state index contributed by atoms with van der Waals surface area (Å²) in [6.07, 6.45) is 2.18. The van der Waals surface area contributed by atoms with Gasteiger partial charge in [-0.05, 0) is 44.7 Å². The maximum Gasteiger partial charge on any atom is 0.240 e. The number of carbonyl (C=O) groups excluding carboxylic acids is 1. The molecule has 1 aromatic rings. The van der Waals surface area contributed by atoms with Gasteiger partial charge in [0, 0.05) is 11.6 Å². The molecule has 1 N–H and O–H groups in total. The van der Waals surface area contributed by atoms with E-state index in [1.807, 2.05) is 6.92 Å². The van der Waals surface area contributed by atoms with Crippen molar-refractivity contribution in [2.75, 3.05) is 0 Å². The molecule has 0 aromatic heterocycles. The average Bonchev–Trinajstić information content (AvgIpc) is 3.12. The Labute approximate surface area is 107 Å². The number of Topliss-reactive ketones (excluding diaryl/α,β-unsaturated/α-hetero) is 1. The molecule has 5 heteroatoms. The van der Waals surface area contributed by atoms with Crippen molar-refractivity contribution in [2.45, 2.75) is 37.6 Å². The Morgan fingerprint density at radius 2 is 1.83 bits per heavy atom. The molecule has 1 aliphatic rings. The second-order valence-electron chi connectivity index (χ2n) is 4.83. The number of benzene rings is 1. The third kappa shape index (κ3) is 2.97. The van der Waals surface area contributed by atoms with Crippen molar-refractivity contribution in [3.05, 3.63) is 29.8 Å². The van der Waals surface area contributed by atoms with Crippen molar-refractivity contribution in [1.29, 1.82) is 0 Å². The van der Waals surface area contributed by atoms with E-state index in [9.17, 15) is 13.2 Å². The molecule has 2 rings (SSSR count). The van der Waals surface area contributed by atoms with E-state index in [1.54, 1.807) is 12.1 Å². The smallest absolute Gasteiger partial charge is 0.240 e. The number of rotatable bonds is 5. The van der Waals surface area contributed by atoms with Crippen LogP contribution in [-0.2, 0) is 10.0 Å². The highest BCUT2D eigenvalue weighted by Gasteiger charge is 2.31. The van der Waals surface area contributed by atoms with Crippen molar-refractivity contribution in [1.82, 2.24) is 4.72 Å². The quantitative estimate of drug-likeness (QED) is 0.830. The van der Waals surface area contributed by atoms with Crippen LogP contribution in [0.25, 0.3) is 0 Å². The molecule has 1 fully saturated rings. The minimum Gasteiger partial charge on any atom is -0.295 e. The van der Waals surface area contributed by atoms with Crippen molar-refractivity contribution in [2.24, 2.45) is 5.92 Å². The first-order valence-corrected chi connectivity index (χ1v) is 7.52. The minimum absolute atomic E-state index is 0.0255. The highest BCUT2D eigenvalue weighted by molar-refractivity contribution is 7.89. The molecule has 0 unspecified atom stereocenters. The predicted octanol–water partition coefficient (Wildman–Crippen LogP) is 1.97. The number of hydrogen-bond acceptors (Lipinski definition) is 3. The van der Waals surface area contributed by atoms with Crippen LogP contribution >= 0.6 is 0 Å². The van der Waals surface area contributed by atoms with Crippen LogP contribution in [-0.4, -0.2) is 20.2 Å². The number of hydrogen-bond donors (Lipinski definition) is 1. The van der Waals surface area contributed by atoms with Crippen LogP contribution in [0, 0.1) is 5.92 Å². The van der Waals surface area contributed by atoms with Crippen LogP contribution in [0.4, 0.5) is 0 Å². The van der Waals surface area contributed by atoms with Crippen LogP contribution < -0.4 is 4.72 Å². The lowest BCUT2D eigenvalue weighted by Gasteiger charge is -2.13. The Hall–Kier alpha value is -1.20. The number of nitrogens with one attached hydrogen (secondary N) is 1. The first kappa shape index (κ1) is 13.2. The third-order valence-corrected chi connectivity index (χ3v) is 4.82. The molecule has 0 heterocycles. The molecule has 4 nitrogen and oxygen atoms in total. The fraction of sp³-hybridized carbons (Fsp3) is 0.462. The molecule has 0 radical (unpaired) electrons. The number of carbonyl (C=O) groups is 1. The standard InChI is InChI=1S/C13H17NO3S/c1-9(11-3-4-11)14-18(16,17)13-7-5-12(6-8-13)10(2)15/h5-9,11,14H,3-4H2,1-2H3/t9-/m1/s1. The summed E-state index contributed by atoms with van der Waals surface area (Å²) in [6, 6.07) is 6.00. The Balaban J connectivity index is 2.15. The van der Waals surface area contributed by atoms with Gasteiger partial charge in [-0.1, -0.05) is 12.1 Å². The van der Waals surface area contributed by atoms with E-state index < -0.39 is 10.0 Å². The van der Waals surface area contributed by atoms with E-state index in [-0.39, 0.29) is 16.7 Å². The zero-order chi connectivity index (χ0) is 13.3. The molecule has 0 saturated heterocycles. The van der Waals surface area contributed by atoms with Crippen molar-refractivity contribution in [3.8, 4) is 0 Å². The largest absolute Gasteiger partial charge is 0.295 e. The summed E-state index contributed by atoms with van der Waals surface area (Å²) >= 11 is 0. The lowest BCUT2D eigenvalue weighted by atomic mass is 10.2. The normalized spacial score (nSPS) is 17.4. The molecule has 1 atom stereocenters. The summed E-state index contributed by atoms with van der Waals surface area (Å²) in [5, 5.41) is 0. The fourth-order valence-electron chi connectivity index (χ4n) is 1.87. The van der Waals surface area contributed by atoms with E-state index in [4.69, 9.17) is 0 Å². The van der Waals surface area contributed by atoms with E-state index >= 15 is 0 Å². The van der Waals surface area contributed by atoms with Gasteiger partial charge in [0.25, 0.3) is 0 Å². The number of sulfonamides is 1. The summed E-state index contributed by atoms with van der Waals surface area (Å²) in [4.78, 5) is 11.3. The molecule has 18 heavy (non-hydrogen) atoms. The summed E-state index contributed by atoms with van der Waals surface area (Å²) < 4.78 is 26.8. The third-order valence-electron chi connectivity index (χ3n) is 3.24. The van der Waals surface area contributed by atoms with Crippen molar-refractivity contribution < 1.29 is 13.2 Å². The van der Waals surface area contributed by atoms with Crippen LogP contribution in [0.1, 0.15) is 37.0 Å². The Morgan fingerprint density at radius 3 is 2.28 bits per heavy atom.